The molecule has 0 aliphatic carbocycles. The van der Waals surface area contributed by atoms with Gasteiger partial charge < -0.3 is 14.1 Å². The minimum absolute atomic E-state index is 0.0543. The van der Waals surface area contributed by atoms with E-state index in [1.54, 1.807) is 36.2 Å². The number of benzene rings is 2. The highest BCUT2D eigenvalue weighted by Crippen LogP contribution is 2.21. The lowest BCUT2D eigenvalue weighted by atomic mass is 10.1. The minimum Gasteiger partial charge on any atom is -0.484 e. The lowest BCUT2D eigenvalue weighted by Crippen LogP contribution is -2.33. The van der Waals surface area contributed by atoms with Crippen LogP contribution in [-0.4, -0.2) is 24.5 Å². The van der Waals surface area contributed by atoms with Crippen LogP contribution in [0.2, 0.25) is 0 Å². The monoisotopic (exact) mass is 351 g/mol. The molecule has 0 aliphatic rings. The van der Waals surface area contributed by atoms with Gasteiger partial charge in [-0.25, -0.2) is 4.79 Å². The third kappa shape index (κ3) is 3.94. The number of aryl methyl sites for hydroxylation is 1. The number of hydrogen-bond acceptors (Lipinski definition) is 4. The number of carbonyl (C=O) groups is 1. The molecule has 1 amide bonds. The van der Waals surface area contributed by atoms with Crippen molar-refractivity contribution < 1.29 is 13.9 Å². The van der Waals surface area contributed by atoms with Crippen molar-refractivity contribution in [3.63, 3.8) is 0 Å². The summed E-state index contributed by atoms with van der Waals surface area (Å²) in [4.78, 5) is 25.4. The van der Waals surface area contributed by atoms with Gasteiger partial charge in [-0.05, 0) is 37.6 Å². The van der Waals surface area contributed by atoms with Crippen LogP contribution in [0.4, 0.5) is 0 Å². The van der Waals surface area contributed by atoms with Crippen molar-refractivity contribution in [3.05, 3.63) is 76.1 Å². The molecule has 3 rings (SSSR count). The Morgan fingerprint density at radius 3 is 2.54 bits per heavy atom. The van der Waals surface area contributed by atoms with Gasteiger partial charge in [0.25, 0.3) is 5.91 Å². The van der Waals surface area contributed by atoms with Gasteiger partial charge in [-0.1, -0.05) is 29.8 Å². The summed E-state index contributed by atoms with van der Waals surface area (Å²) in [6, 6.07) is 16.3. The fourth-order valence-corrected chi connectivity index (χ4v) is 2.66. The van der Waals surface area contributed by atoms with E-state index in [4.69, 9.17) is 9.15 Å². The van der Waals surface area contributed by atoms with Gasteiger partial charge in [0, 0.05) is 24.6 Å². The van der Waals surface area contributed by atoms with Crippen molar-refractivity contribution in [1.82, 2.24) is 4.90 Å². The van der Waals surface area contributed by atoms with Crippen molar-refractivity contribution in [2.45, 2.75) is 19.9 Å². The molecule has 0 fully saturated rings. The summed E-state index contributed by atoms with van der Waals surface area (Å²) in [6.45, 7) is 3.92. The van der Waals surface area contributed by atoms with Crippen LogP contribution < -0.4 is 10.4 Å². The summed E-state index contributed by atoms with van der Waals surface area (Å²) in [6.07, 6.45) is 0. The summed E-state index contributed by atoms with van der Waals surface area (Å²) in [5.74, 6) is 0.351. The molecule has 0 N–H and O–H groups in total. The minimum atomic E-state index is -0.419. The molecule has 0 aliphatic heterocycles. The first-order valence-electron chi connectivity index (χ1n) is 8.43. The number of rotatable bonds is 5. The average Bonchev–Trinajstić information content (AvgIpc) is 2.65. The zero-order chi connectivity index (χ0) is 18.7. The Balaban J connectivity index is 1.66. The number of amides is 1. The quantitative estimate of drug-likeness (QED) is 0.658. The van der Waals surface area contributed by atoms with E-state index in [1.165, 1.54) is 11.6 Å². The Hall–Kier alpha value is -3.08. The number of nitrogens with zero attached hydrogens (tertiary/aromatic N) is 1. The second kappa shape index (κ2) is 7.44. The number of hydrogen-bond donors (Lipinski definition) is 0. The Kier molecular flexibility index (Phi) is 5.07. The van der Waals surface area contributed by atoms with Crippen LogP contribution in [0.15, 0.2) is 63.8 Å². The van der Waals surface area contributed by atoms with E-state index in [9.17, 15) is 9.59 Å². The molecule has 0 bridgehead atoms. The summed E-state index contributed by atoms with van der Waals surface area (Å²) in [7, 11) is 1.76. The van der Waals surface area contributed by atoms with Gasteiger partial charge in [-0.2, -0.15) is 0 Å². The molecule has 3 aromatic rings. The van der Waals surface area contributed by atoms with Crippen LogP contribution >= 0.6 is 0 Å². The van der Waals surface area contributed by atoms with Gasteiger partial charge >= 0.3 is 5.63 Å². The largest absolute Gasteiger partial charge is 0.484 e. The van der Waals surface area contributed by atoms with Gasteiger partial charge in [0.2, 0.25) is 0 Å². The molecule has 0 spiro atoms. The van der Waals surface area contributed by atoms with E-state index >= 15 is 0 Å². The van der Waals surface area contributed by atoms with Crippen LogP contribution in [0.25, 0.3) is 11.0 Å². The van der Waals surface area contributed by atoms with Gasteiger partial charge in [0.05, 0.1) is 6.04 Å². The number of likely N-dealkylation sites (N-methyl/N-ethyl adjacent to an activating group) is 1. The predicted molar refractivity (Wildman–Crippen MR) is 100 cm³/mol. The molecule has 1 atom stereocenters. The van der Waals surface area contributed by atoms with E-state index < -0.39 is 5.63 Å². The van der Waals surface area contributed by atoms with Gasteiger partial charge in [-0.3, -0.25) is 4.79 Å². The second-order valence-electron chi connectivity index (χ2n) is 6.33. The van der Waals surface area contributed by atoms with Crippen molar-refractivity contribution in [1.29, 1.82) is 0 Å². The summed E-state index contributed by atoms with van der Waals surface area (Å²) >= 11 is 0. The zero-order valence-corrected chi connectivity index (χ0v) is 15.1. The molecule has 2 aromatic carbocycles. The van der Waals surface area contributed by atoms with E-state index in [1.807, 2.05) is 38.1 Å². The summed E-state index contributed by atoms with van der Waals surface area (Å²) in [5.41, 5.74) is 2.27. The highest BCUT2D eigenvalue weighted by molar-refractivity contribution is 5.79. The third-order valence-corrected chi connectivity index (χ3v) is 4.49. The predicted octanol–water partition coefficient (Wildman–Crippen LogP) is 3.70. The van der Waals surface area contributed by atoms with Crippen LogP contribution in [0.1, 0.15) is 24.1 Å². The maximum Gasteiger partial charge on any atom is 0.336 e. The second-order valence-corrected chi connectivity index (χ2v) is 6.33. The summed E-state index contributed by atoms with van der Waals surface area (Å²) in [5, 5.41) is 0.799. The first-order chi connectivity index (χ1) is 12.4. The van der Waals surface area contributed by atoms with Crippen LogP contribution in [0.5, 0.6) is 5.75 Å². The molecule has 134 valence electrons. The van der Waals surface area contributed by atoms with Crippen molar-refractivity contribution in [3.8, 4) is 5.75 Å². The van der Waals surface area contributed by atoms with Gasteiger partial charge in [-0.15, -0.1) is 0 Å². The van der Waals surface area contributed by atoms with E-state index in [0.29, 0.717) is 11.3 Å². The molecule has 1 heterocycles. The fourth-order valence-electron chi connectivity index (χ4n) is 2.66. The maximum absolute atomic E-state index is 12.4. The molecule has 1 unspecified atom stereocenters. The van der Waals surface area contributed by atoms with Crippen molar-refractivity contribution in [2.24, 2.45) is 0 Å². The lowest BCUT2D eigenvalue weighted by molar-refractivity contribution is -0.134. The maximum atomic E-state index is 12.4. The van der Waals surface area contributed by atoms with Crippen LogP contribution in [0.3, 0.4) is 0 Å². The molecule has 0 saturated heterocycles. The molecule has 5 heteroatoms. The molecular weight excluding hydrogens is 330 g/mol. The molecule has 1 aromatic heterocycles. The Morgan fingerprint density at radius 1 is 1.12 bits per heavy atom. The molecule has 5 nitrogen and oxygen atoms in total. The first kappa shape index (κ1) is 17.7. The summed E-state index contributed by atoms with van der Waals surface area (Å²) < 4.78 is 10.7. The lowest BCUT2D eigenvalue weighted by Gasteiger charge is -2.25. The van der Waals surface area contributed by atoms with Gasteiger partial charge in [0.15, 0.2) is 6.61 Å². The van der Waals surface area contributed by atoms with E-state index in [2.05, 4.69) is 0 Å². The average molecular weight is 351 g/mol. The number of carbonyl (C=O) groups excluding carboxylic acids is 1. The van der Waals surface area contributed by atoms with Crippen molar-refractivity contribution in [2.75, 3.05) is 13.7 Å². The van der Waals surface area contributed by atoms with Gasteiger partial charge in [0.1, 0.15) is 11.3 Å². The van der Waals surface area contributed by atoms with Crippen LogP contribution in [-0.2, 0) is 4.79 Å². The smallest absolute Gasteiger partial charge is 0.336 e. The third-order valence-electron chi connectivity index (χ3n) is 4.49. The molecule has 26 heavy (non-hydrogen) atoms. The topological polar surface area (TPSA) is 59.8 Å². The molecule has 0 saturated carbocycles. The number of fused-ring (bicyclic) bond motifs is 1. The highest BCUT2D eigenvalue weighted by Gasteiger charge is 2.18. The van der Waals surface area contributed by atoms with E-state index in [-0.39, 0.29) is 18.6 Å². The Bertz CT molecular complexity index is 975. The standard InChI is InChI=1S/C21H21NO4/c1-14-4-6-16(7-5-14)15(2)22(3)20(23)13-25-18-10-8-17-9-11-21(24)26-19(17)12-18/h4-12,15H,13H2,1-3H3. The first-order valence-corrected chi connectivity index (χ1v) is 8.43. The molecular formula is C21H21NO4. The zero-order valence-electron chi connectivity index (χ0n) is 15.1. The Morgan fingerprint density at radius 2 is 1.81 bits per heavy atom. The Labute approximate surface area is 151 Å². The van der Waals surface area contributed by atoms with Crippen molar-refractivity contribution >= 4 is 16.9 Å². The fraction of sp³-hybridized carbons (Fsp3) is 0.238. The van der Waals surface area contributed by atoms with E-state index in [0.717, 1.165) is 10.9 Å². The highest BCUT2D eigenvalue weighted by atomic mass is 16.5. The molecule has 0 radical (unpaired) electrons. The van der Waals surface area contributed by atoms with Crippen LogP contribution in [0, 0.1) is 6.92 Å². The normalized spacial score (nSPS) is 12.0. The number of ether oxygens (including phenoxy) is 1. The SMILES string of the molecule is Cc1ccc(C(C)N(C)C(=O)COc2ccc3ccc(=O)oc3c2)cc1.